The maximum Gasteiger partial charge on any atom is 0.374 e. The van der Waals surface area contributed by atoms with Gasteiger partial charge in [0, 0.05) is 6.42 Å². The molecule has 0 fully saturated rings. The lowest BCUT2D eigenvalue weighted by molar-refractivity contribution is -0.151. The van der Waals surface area contributed by atoms with Gasteiger partial charge >= 0.3 is 5.97 Å². The van der Waals surface area contributed by atoms with Crippen molar-refractivity contribution < 1.29 is 19.1 Å². The van der Waals surface area contributed by atoms with Crippen LogP contribution in [0, 0.1) is 0 Å². The minimum Gasteiger partial charge on any atom is -0.497 e. The van der Waals surface area contributed by atoms with Gasteiger partial charge in [-0.25, -0.2) is 4.79 Å². The van der Waals surface area contributed by atoms with Gasteiger partial charge in [0.05, 0.1) is 14.2 Å². The van der Waals surface area contributed by atoms with Gasteiger partial charge in [0.25, 0.3) is 0 Å². The predicted octanol–water partition coefficient (Wildman–Crippen LogP) is 1.37. The lowest BCUT2D eigenvalue weighted by Crippen LogP contribution is -2.15. The summed E-state index contributed by atoms with van der Waals surface area (Å²) in [6.45, 7) is 0. The number of carbonyl (C=O) groups excluding carboxylic acids is 2. The molecular weight excluding hydrogens is 208 g/mol. The normalized spacial score (nSPS) is 9.62. The third-order valence-corrected chi connectivity index (χ3v) is 2.21. The fourth-order valence-corrected chi connectivity index (χ4v) is 1.27. The van der Waals surface area contributed by atoms with Crippen LogP contribution in [0.3, 0.4) is 0 Å². The van der Waals surface area contributed by atoms with E-state index < -0.39 is 11.8 Å². The van der Waals surface area contributed by atoms with Crippen LogP contribution >= 0.6 is 0 Å². The number of rotatable bonds is 5. The maximum absolute atomic E-state index is 11.2. The third kappa shape index (κ3) is 3.38. The van der Waals surface area contributed by atoms with Gasteiger partial charge < -0.3 is 9.47 Å². The van der Waals surface area contributed by atoms with Crippen molar-refractivity contribution in [2.45, 2.75) is 12.8 Å². The number of carbonyl (C=O) groups is 2. The van der Waals surface area contributed by atoms with Crippen molar-refractivity contribution in [2.75, 3.05) is 14.2 Å². The topological polar surface area (TPSA) is 52.6 Å². The van der Waals surface area contributed by atoms with Crippen LogP contribution in [-0.2, 0) is 20.7 Å². The Balaban J connectivity index is 2.48. The standard InChI is InChI=1S/C12H14O4/c1-15-10-6-3-9(4-7-10)5-8-11(13)12(14)16-2/h3-4,6-7H,5,8H2,1-2H3. The monoisotopic (exact) mass is 222 g/mol. The second-order valence-electron chi connectivity index (χ2n) is 3.26. The third-order valence-electron chi connectivity index (χ3n) is 2.21. The van der Waals surface area contributed by atoms with Gasteiger partial charge in [-0.15, -0.1) is 0 Å². The van der Waals surface area contributed by atoms with Crippen LogP contribution in [0.25, 0.3) is 0 Å². The van der Waals surface area contributed by atoms with Crippen molar-refractivity contribution in [3.05, 3.63) is 29.8 Å². The first-order chi connectivity index (χ1) is 7.67. The molecule has 4 heteroatoms. The van der Waals surface area contributed by atoms with E-state index in [1.807, 2.05) is 24.3 Å². The molecule has 0 aliphatic heterocycles. The van der Waals surface area contributed by atoms with Gasteiger partial charge in [-0.1, -0.05) is 12.1 Å². The van der Waals surface area contributed by atoms with Crippen molar-refractivity contribution in [1.82, 2.24) is 0 Å². The Morgan fingerprint density at radius 3 is 2.25 bits per heavy atom. The summed E-state index contributed by atoms with van der Waals surface area (Å²) >= 11 is 0. The van der Waals surface area contributed by atoms with Crippen LogP contribution in [0.1, 0.15) is 12.0 Å². The summed E-state index contributed by atoms with van der Waals surface area (Å²) in [5, 5.41) is 0. The molecule has 86 valence electrons. The highest BCUT2D eigenvalue weighted by Crippen LogP contribution is 2.12. The Labute approximate surface area is 94.2 Å². The number of Topliss-reactive ketones (excluding diaryl/α,β-unsaturated/α-hetero) is 1. The molecule has 1 aromatic carbocycles. The van der Waals surface area contributed by atoms with E-state index in [1.165, 1.54) is 7.11 Å². The van der Waals surface area contributed by atoms with Gasteiger partial charge in [0.1, 0.15) is 5.75 Å². The average Bonchev–Trinajstić information content (AvgIpc) is 2.35. The minimum absolute atomic E-state index is 0.166. The van der Waals surface area contributed by atoms with Crippen molar-refractivity contribution in [3.63, 3.8) is 0 Å². The first-order valence-corrected chi connectivity index (χ1v) is 4.91. The van der Waals surface area contributed by atoms with Gasteiger partial charge in [0.15, 0.2) is 0 Å². The van der Waals surface area contributed by atoms with Crippen LogP contribution in [0.5, 0.6) is 5.75 Å². The number of esters is 1. The summed E-state index contributed by atoms with van der Waals surface area (Å²) in [5.74, 6) is -0.519. The summed E-state index contributed by atoms with van der Waals surface area (Å²) in [7, 11) is 2.80. The molecule has 0 radical (unpaired) electrons. The number of ketones is 1. The van der Waals surface area contributed by atoms with Crippen molar-refractivity contribution >= 4 is 11.8 Å². The highest BCUT2D eigenvalue weighted by Gasteiger charge is 2.13. The molecule has 0 unspecified atom stereocenters. The Bertz CT molecular complexity index is 367. The van der Waals surface area contributed by atoms with E-state index in [0.717, 1.165) is 11.3 Å². The largest absolute Gasteiger partial charge is 0.497 e. The first kappa shape index (κ1) is 12.2. The highest BCUT2D eigenvalue weighted by atomic mass is 16.5. The van der Waals surface area contributed by atoms with Gasteiger partial charge in [0.2, 0.25) is 5.78 Å². The summed E-state index contributed by atoms with van der Waals surface area (Å²) < 4.78 is 9.34. The lowest BCUT2D eigenvalue weighted by atomic mass is 10.1. The molecule has 16 heavy (non-hydrogen) atoms. The Morgan fingerprint density at radius 1 is 1.12 bits per heavy atom. The second-order valence-corrected chi connectivity index (χ2v) is 3.26. The predicted molar refractivity (Wildman–Crippen MR) is 58.3 cm³/mol. The Kier molecular flexibility index (Phi) is 4.51. The van der Waals surface area contributed by atoms with Gasteiger partial charge in [-0.05, 0) is 24.1 Å². The zero-order valence-corrected chi connectivity index (χ0v) is 9.36. The smallest absolute Gasteiger partial charge is 0.374 e. The van der Waals surface area contributed by atoms with E-state index in [0.29, 0.717) is 6.42 Å². The van der Waals surface area contributed by atoms with E-state index in [-0.39, 0.29) is 6.42 Å². The number of hydrogen-bond acceptors (Lipinski definition) is 4. The number of hydrogen-bond donors (Lipinski definition) is 0. The van der Waals surface area contributed by atoms with Crippen LogP contribution in [0.2, 0.25) is 0 Å². The van der Waals surface area contributed by atoms with E-state index in [9.17, 15) is 9.59 Å². The molecule has 0 atom stereocenters. The SMILES string of the molecule is COC(=O)C(=O)CCc1ccc(OC)cc1. The number of aryl methyl sites for hydroxylation is 1. The molecule has 0 saturated heterocycles. The summed E-state index contributed by atoms with van der Waals surface area (Å²) in [6, 6.07) is 7.36. The van der Waals surface area contributed by atoms with Crippen LogP contribution < -0.4 is 4.74 Å². The molecule has 0 heterocycles. The minimum atomic E-state index is -0.784. The molecule has 0 aliphatic rings. The summed E-state index contributed by atoms with van der Waals surface area (Å²) in [6.07, 6.45) is 0.691. The van der Waals surface area contributed by atoms with E-state index >= 15 is 0 Å². The van der Waals surface area contributed by atoms with Crippen molar-refractivity contribution in [2.24, 2.45) is 0 Å². The molecule has 0 aliphatic carbocycles. The fourth-order valence-electron chi connectivity index (χ4n) is 1.27. The molecule has 0 N–H and O–H groups in total. The van der Waals surface area contributed by atoms with Crippen LogP contribution in [-0.4, -0.2) is 26.0 Å². The molecule has 0 aromatic heterocycles. The zero-order chi connectivity index (χ0) is 12.0. The fraction of sp³-hybridized carbons (Fsp3) is 0.333. The number of methoxy groups -OCH3 is 2. The number of ether oxygens (including phenoxy) is 2. The van der Waals surface area contributed by atoms with E-state index in [2.05, 4.69) is 4.74 Å². The molecule has 0 saturated carbocycles. The molecule has 4 nitrogen and oxygen atoms in total. The summed E-state index contributed by atoms with van der Waals surface area (Å²) in [4.78, 5) is 22.0. The molecule has 0 spiro atoms. The second kappa shape index (κ2) is 5.90. The molecule has 1 rings (SSSR count). The van der Waals surface area contributed by atoms with Crippen LogP contribution in [0.15, 0.2) is 24.3 Å². The molecular formula is C12H14O4. The molecule has 1 aromatic rings. The van der Waals surface area contributed by atoms with Crippen molar-refractivity contribution in [3.8, 4) is 5.75 Å². The van der Waals surface area contributed by atoms with E-state index in [1.54, 1.807) is 7.11 Å². The van der Waals surface area contributed by atoms with Gasteiger partial charge in [-0.3, -0.25) is 4.79 Å². The Hall–Kier alpha value is -1.84. The maximum atomic E-state index is 11.2. The zero-order valence-electron chi connectivity index (χ0n) is 9.36. The highest BCUT2D eigenvalue weighted by molar-refractivity contribution is 6.33. The molecule has 0 amide bonds. The number of benzene rings is 1. The quantitative estimate of drug-likeness (QED) is 0.557. The molecule has 0 bridgehead atoms. The van der Waals surface area contributed by atoms with E-state index in [4.69, 9.17) is 4.74 Å². The lowest BCUT2D eigenvalue weighted by Gasteiger charge is -2.02. The first-order valence-electron chi connectivity index (χ1n) is 4.91. The van der Waals surface area contributed by atoms with Crippen LogP contribution in [0.4, 0.5) is 0 Å². The average molecular weight is 222 g/mol. The Morgan fingerprint density at radius 2 is 1.75 bits per heavy atom. The summed E-state index contributed by atoms with van der Waals surface area (Å²) in [5.41, 5.74) is 0.984. The van der Waals surface area contributed by atoms with Crippen molar-refractivity contribution in [1.29, 1.82) is 0 Å². The van der Waals surface area contributed by atoms with Gasteiger partial charge in [-0.2, -0.15) is 0 Å².